The van der Waals surface area contributed by atoms with Crippen LogP contribution in [0, 0.1) is 0 Å². The first-order chi connectivity index (χ1) is 15.1. The van der Waals surface area contributed by atoms with Gasteiger partial charge in [-0.3, -0.25) is 4.79 Å². The number of aromatic nitrogens is 2. The van der Waals surface area contributed by atoms with Gasteiger partial charge in [-0.1, -0.05) is 35.7 Å². The van der Waals surface area contributed by atoms with Gasteiger partial charge in [0, 0.05) is 34.3 Å². The number of hydrogen-bond acceptors (Lipinski definition) is 5. The highest BCUT2D eigenvalue weighted by atomic mass is 35.5. The van der Waals surface area contributed by atoms with Gasteiger partial charge in [-0.2, -0.15) is 4.98 Å². The minimum Gasteiger partial charge on any atom is -0.481 e. The van der Waals surface area contributed by atoms with Crippen molar-refractivity contribution in [2.45, 2.75) is 56.9 Å². The van der Waals surface area contributed by atoms with Gasteiger partial charge in [-0.05, 0) is 73.1 Å². The molecule has 0 spiro atoms. The van der Waals surface area contributed by atoms with Crippen LogP contribution in [0.25, 0.3) is 22.8 Å². The molecular formula is C24H24ClN3O3. The minimum absolute atomic E-state index is 0.141. The molecule has 2 N–H and O–H groups in total. The van der Waals surface area contributed by atoms with Gasteiger partial charge in [-0.15, -0.1) is 0 Å². The fourth-order valence-corrected chi connectivity index (χ4v) is 5.07. The Morgan fingerprint density at radius 3 is 2.74 bits per heavy atom. The van der Waals surface area contributed by atoms with Crippen molar-refractivity contribution in [2.24, 2.45) is 0 Å². The fraction of sp³-hybridized carbons (Fsp3) is 0.375. The van der Waals surface area contributed by atoms with Crippen molar-refractivity contribution >= 4 is 23.3 Å². The van der Waals surface area contributed by atoms with E-state index in [0.29, 0.717) is 24.1 Å². The van der Waals surface area contributed by atoms with Crippen molar-refractivity contribution in [3.05, 3.63) is 52.5 Å². The first-order valence-corrected chi connectivity index (χ1v) is 11.2. The topological polar surface area (TPSA) is 88.2 Å². The fourth-order valence-electron chi connectivity index (χ4n) is 4.74. The second kappa shape index (κ2) is 8.35. The average Bonchev–Trinajstić information content (AvgIpc) is 3.52. The third kappa shape index (κ3) is 4.17. The summed E-state index contributed by atoms with van der Waals surface area (Å²) >= 11 is 6.57. The van der Waals surface area contributed by atoms with E-state index in [0.717, 1.165) is 33.8 Å². The highest BCUT2D eigenvalue weighted by molar-refractivity contribution is 6.31. The predicted octanol–water partition coefficient (Wildman–Crippen LogP) is 5.92. The zero-order chi connectivity index (χ0) is 21.4. The summed E-state index contributed by atoms with van der Waals surface area (Å²) in [5.41, 5.74) is 5.09. The van der Waals surface area contributed by atoms with Crippen molar-refractivity contribution in [3.63, 3.8) is 0 Å². The molecule has 0 radical (unpaired) electrons. The van der Waals surface area contributed by atoms with Crippen LogP contribution in [0.2, 0.25) is 5.02 Å². The summed E-state index contributed by atoms with van der Waals surface area (Å²) in [6.07, 6.45) is 6.50. The maximum Gasteiger partial charge on any atom is 0.303 e. The first-order valence-electron chi connectivity index (χ1n) is 10.8. The van der Waals surface area contributed by atoms with Crippen molar-refractivity contribution < 1.29 is 14.4 Å². The Morgan fingerprint density at radius 1 is 1.16 bits per heavy atom. The van der Waals surface area contributed by atoms with E-state index in [9.17, 15) is 4.79 Å². The highest BCUT2D eigenvalue weighted by Gasteiger charge is 2.23. The number of carboxylic acids is 1. The Morgan fingerprint density at radius 2 is 1.97 bits per heavy atom. The van der Waals surface area contributed by atoms with Crippen LogP contribution < -0.4 is 5.32 Å². The van der Waals surface area contributed by atoms with E-state index in [2.05, 4.69) is 21.5 Å². The van der Waals surface area contributed by atoms with Gasteiger partial charge < -0.3 is 14.9 Å². The summed E-state index contributed by atoms with van der Waals surface area (Å²) in [6.45, 7) is 0. The number of nitrogens with zero attached hydrogens (tertiary/aromatic N) is 2. The van der Waals surface area contributed by atoms with Gasteiger partial charge in [0.2, 0.25) is 5.82 Å². The molecule has 2 heterocycles. The van der Waals surface area contributed by atoms with Crippen LogP contribution in [0.15, 0.2) is 40.9 Å². The largest absolute Gasteiger partial charge is 0.481 e. The second-order valence-corrected chi connectivity index (χ2v) is 8.90. The van der Waals surface area contributed by atoms with Crippen molar-refractivity contribution in [1.82, 2.24) is 10.1 Å². The molecule has 1 fully saturated rings. The zero-order valence-electron chi connectivity index (χ0n) is 17.1. The lowest BCUT2D eigenvalue weighted by atomic mass is 9.96. The van der Waals surface area contributed by atoms with Crippen molar-refractivity contribution in [2.75, 3.05) is 5.32 Å². The monoisotopic (exact) mass is 437 g/mol. The van der Waals surface area contributed by atoms with Crippen LogP contribution in [0.5, 0.6) is 0 Å². The van der Waals surface area contributed by atoms with E-state index in [1.165, 1.54) is 31.2 Å². The molecule has 31 heavy (non-hydrogen) atoms. The highest BCUT2D eigenvalue weighted by Crippen LogP contribution is 2.39. The molecule has 1 atom stereocenters. The normalized spacial score (nSPS) is 18.2. The lowest BCUT2D eigenvalue weighted by molar-refractivity contribution is -0.137. The van der Waals surface area contributed by atoms with Crippen LogP contribution in [0.4, 0.5) is 5.69 Å². The van der Waals surface area contributed by atoms with E-state index in [4.69, 9.17) is 21.2 Å². The predicted molar refractivity (Wildman–Crippen MR) is 119 cm³/mol. The van der Waals surface area contributed by atoms with Gasteiger partial charge in [0.15, 0.2) is 0 Å². The molecule has 1 aliphatic carbocycles. The Kier molecular flexibility index (Phi) is 5.40. The Balaban J connectivity index is 1.33. The van der Waals surface area contributed by atoms with Gasteiger partial charge in [-0.25, -0.2) is 0 Å². The molecule has 5 rings (SSSR count). The van der Waals surface area contributed by atoms with E-state index in [-0.39, 0.29) is 12.5 Å². The molecule has 0 saturated heterocycles. The Bertz CT molecular complexity index is 1120. The summed E-state index contributed by atoms with van der Waals surface area (Å²) in [7, 11) is 0. The summed E-state index contributed by atoms with van der Waals surface area (Å²) in [5, 5.41) is 17.2. The number of halogens is 1. The van der Waals surface area contributed by atoms with Gasteiger partial charge in [0.05, 0.1) is 0 Å². The molecule has 1 aromatic heterocycles. The Labute approximate surface area is 185 Å². The number of hydrogen-bond donors (Lipinski definition) is 2. The van der Waals surface area contributed by atoms with Gasteiger partial charge in [0.25, 0.3) is 5.89 Å². The number of carboxylic acid groups (broad SMARTS) is 1. The molecule has 0 unspecified atom stereocenters. The quantitative estimate of drug-likeness (QED) is 0.497. The molecule has 7 heteroatoms. The molecule has 160 valence electrons. The molecule has 2 aliphatic rings. The molecular weight excluding hydrogens is 414 g/mol. The van der Waals surface area contributed by atoms with Gasteiger partial charge in [0.1, 0.15) is 0 Å². The summed E-state index contributed by atoms with van der Waals surface area (Å²) in [4.78, 5) is 15.4. The van der Waals surface area contributed by atoms with Crippen LogP contribution >= 0.6 is 11.6 Å². The zero-order valence-corrected chi connectivity index (χ0v) is 17.9. The molecule has 3 aromatic rings. The standard InChI is InChI=1S/C24H24ClN3O3/c25-20-13-16(5-8-19(20)14-3-1-2-4-14)24-27-23(28-31-24)15-6-9-21-17(11-15)12-18(26-21)7-10-22(29)30/h5-6,8-9,11,13-14,18,26H,1-4,7,10,12H2,(H,29,30)/t18-/m1/s1. The Hall–Kier alpha value is -2.86. The number of anilines is 1. The number of benzene rings is 2. The average molecular weight is 438 g/mol. The van der Waals surface area contributed by atoms with E-state index in [1.54, 1.807) is 0 Å². The first kappa shape index (κ1) is 20.1. The molecule has 0 amide bonds. The van der Waals surface area contributed by atoms with E-state index < -0.39 is 5.97 Å². The summed E-state index contributed by atoms with van der Waals surface area (Å²) < 4.78 is 5.53. The molecule has 1 aliphatic heterocycles. The van der Waals surface area contributed by atoms with E-state index in [1.807, 2.05) is 30.3 Å². The number of rotatable bonds is 6. The number of nitrogens with one attached hydrogen (secondary N) is 1. The maximum atomic E-state index is 10.8. The summed E-state index contributed by atoms with van der Waals surface area (Å²) in [6, 6.07) is 12.2. The second-order valence-electron chi connectivity index (χ2n) is 8.49. The lowest BCUT2D eigenvalue weighted by Crippen LogP contribution is -2.16. The molecule has 6 nitrogen and oxygen atoms in total. The number of aliphatic carboxylic acids is 1. The molecule has 2 aromatic carbocycles. The third-order valence-corrected chi connectivity index (χ3v) is 6.69. The summed E-state index contributed by atoms with van der Waals surface area (Å²) in [5.74, 6) is 0.768. The van der Waals surface area contributed by atoms with Gasteiger partial charge >= 0.3 is 5.97 Å². The van der Waals surface area contributed by atoms with Crippen LogP contribution in [0.1, 0.15) is 55.6 Å². The SMILES string of the molecule is O=C(O)CC[C@@H]1Cc2cc(-c3noc(-c4ccc(C5CCCC5)c(Cl)c4)n3)ccc2N1. The van der Waals surface area contributed by atoms with Crippen molar-refractivity contribution in [3.8, 4) is 22.8 Å². The molecule has 1 saturated carbocycles. The van der Waals surface area contributed by atoms with Crippen molar-refractivity contribution in [1.29, 1.82) is 0 Å². The van der Waals surface area contributed by atoms with E-state index >= 15 is 0 Å². The minimum atomic E-state index is -0.769. The number of fused-ring (bicyclic) bond motifs is 1. The lowest BCUT2D eigenvalue weighted by Gasteiger charge is -2.11. The molecule has 0 bridgehead atoms. The number of carbonyl (C=O) groups is 1. The maximum absolute atomic E-state index is 10.8. The van der Waals surface area contributed by atoms with Crippen LogP contribution in [0.3, 0.4) is 0 Å². The third-order valence-electron chi connectivity index (χ3n) is 6.36. The van der Waals surface area contributed by atoms with Crippen LogP contribution in [-0.2, 0) is 11.2 Å². The van der Waals surface area contributed by atoms with Crippen LogP contribution in [-0.4, -0.2) is 27.3 Å². The smallest absolute Gasteiger partial charge is 0.303 e.